The van der Waals surface area contributed by atoms with Gasteiger partial charge in [-0.15, -0.1) is 0 Å². The molecule has 0 spiro atoms. The highest BCUT2D eigenvalue weighted by atomic mass is 127. The van der Waals surface area contributed by atoms with Gasteiger partial charge in [-0.05, 0) is 59.0 Å². The summed E-state index contributed by atoms with van der Waals surface area (Å²) in [4.78, 5) is 0. The van der Waals surface area contributed by atoms with Crippen LogP contribution in [0.4, 0.5) is 0 Å². The van der Waals surface area contributed by atoms with Crippen LogP contribution in [-0.4, -0.2) is 6.04 Å². The largest absolute Gasteiger partial charge is 0.327 e. The molecule has 0 saturated heterocycles. The van der Waals surface area contributed by atoms with Gasteiger partial charge < -0.3 is 5.73 Å². The van der Waals surface area contributed by atoms with Gasteiger partial charge in [0.15, 0.2) is 0 Å². The van der Waals surface area contributed by atoms with E-state index in [0.717, 1.165) is 0 Å². The summed E-state index contributed by atoms with van der Waals surface area (Å²) in [6.07, 6.45) is 3.74. The maximum Gasteiger partial charge on any atom is 0.0133 e. The topological polar surface area (TPSA) is 26.0 Å². The maximum absolute atomic E-state index is 6.06. The Labute approximate surface area is 92.9 Å². The van der Waals surface area contributed by atoms with Crippen LogP contribution in [0.3, 0.4) is 0 Å². The zero-order valence-corrected chi connectivity index (χ0v) is 9.70. The van der Waals surface area contributed by atoms with Crippen molar-refractivity contribution in [2.45, 2.75) is 31.2 Å². The van der Waals surface area contributed by atoms with Gasteiger partial charge in [0.1, 0.15) is 0 Å². The lowest BCUT2D eigenvalue weighted by Gasteiger charge is -2.15. The van der Waals surface area contributed by atoms with Gasteiger partial charge in [-0.2, -0.15) is 0 Å². The first-order valence-corrected chi connectivity index (χ1v) is 5.86. The fourth-order valence-corrected chi connectivity index (χ4v) is 2.71. The van der Waals surface area contributed by atoms with Crippen molar-refractivity contribution in [2.75, 3.05) is 0 Å². The molecular weight excluding hydrogens is 273 g/mol. The highest BCUT2D eigenvalue weighted by Crippen LogP contribution is 2.33. The fraction of sp³-hybridized carbons (Fsp3) is 0.455. The zero-order valence-electron chi connectivity index (χ0n) is 7.54. The summed E-state index contributed by atoms with van der Waals surface area (Å²) >= 11 is 2.36. The molecule has 0 radical (unpaired) electrons. The second kappa shape index (κ2) is 3.96. The first-order valence-electron chi connectivity index (χ1n) is 4.78. The molecule has 0 heterocycles. The molecule has 1 aliphatic carbocycles. The SMILES string of the molecule is N[C@H]1CCC[C@H]1c1cccc(I)c1. The molecule has 2 heteroatoms. The Hall–Kier alpha value is -0.0900. The predicted octanol–water partition coefficient (Wildman–Crippen LogP) is 2.89. The van der Waals surface area contributed by atoms with Crippen LogP contribution in [0, 0.1) is 3.57 Å². The Morgan fingerprint density at radius 2 is 2.15 bits per heavy atom. The number of hydrogen-bond acceptors (Lipinski definition) is 1. The van der Waals surface area contributed by atoms with Gasteiger partial charge in [-0.25, -0.2) is 0 Å². The molecule has 1 aromatic rings. The molecule has 0 aromatic heterocycles. The van der Waals surface area contributed by atoms with Gasteiger partial charge in [0, 0.05) is 9.61 Å². The lowest BCUT2D eigenvalue weighted by Crippen LogP contribution is -2.22. The molecular formula is C11H14IN. The first-order chi connectivity index (χ1) is 6.27. The van der Waals surface area contributed by atoms with Crippen LogP contribution >= 0.6 is 22.6 Å². The van der Waals surface area contributed by atoms with Gasteiger partial charge in [0.2, 0.25) is 0 Å². The number of rotatable bonds is 1. The quantitative estimate of drug-likeness (QED) is 0.790. The van der Waals surface area contributed by atoms with Crippen LogP contribution in [0.15, 0.2) is 24.3 Å². The lowest BCUT2D eigenvalue weighted by molar-refractivity contribution is 0.613. The molecule has 1 aromatic carbocycles. The van der Waals surface area contributed by atoms with E-state index in [1.165, 1.54) is 28.4 Å². The maximum atomic E-state index is 6.06. The first kappa shape index (κ1) is 9.46. The second-order valence-corrected chi connectivity index (χ2v) is 5.00. The van der Waals surface area contributed by atoms with Gasteiger partial charge in [-0.3, -0.25) is 0 Å². The molecule has 70 valence electrons. The molecule has 13 heavy (non-hydrogen) atoms. The molecule has 0 amide bonds. The smallest absolute Gasteiger partial charge is 0.0133 e. The molecule has 2 N–H and O–H groups in total. The zero-order chi connectivity index (χ0) is 9.26. The van der Waals surface area contributed by atoms with Crippen molar-refractivity contribution in [3.05, 3.63) is 33.4 Å². The van der Waals surface area contributed by atoms with E-state index in [4.69, 9.17) is 5.73 Å². The van der Waals surface area contributed by atoms with Crippen molar-refractivity contribution in [3.63, 3.8) is 0 Å². The average Bonchev–Trinajstić information content (AvgIpc) is 2.51. The summed E-state index contributed by atoms with van der Waals surface area (Å²) < 4.78 is 1.31. The highest BCUT2D eigenvalue weighted by Gasteiger charge is 2.25. The van der Waals surface area contributed by atoms with E-state index in [2.05, 4.69) is 46.9 Å². The van der Waals surface area contributed by atoms with Crippen molar-refractivity contribution in [1.82, 2.24) is 0 Å². The van der Waals surface area contributed by atoms with E-state index in [0.29, 0.717) is 12.0 Å². The van der Waals surface area contributed by atoms with E-state index >= 15 is 0 Å². The molecule has 0 unspecified atom stereocenters. The Balaban J connectivity index is 2.24. The third-order valence-electron chi connectivity index (χ3n) is 2.85. The van der Waals surface area contributed by atoms with E-state index in [1.807, 2.05) is 0 Å². The monoisotopic (exact) mass is 287 g/mol. The van der Waals surface area contributed by atoms with Crippen LogP contribution in [0.25, 0.3) is 0 Å². The second-order valence-electron chi connectivity index (χ2n) is 3.76. The number of hydrogen-bond donors (Lipinski definition) is 1. The minimum absolute atomic E-state index is 0.387. The summed E-state index contributed by atoms with van der Waals surface area (Å²) in [5.74, 6) is 0.606. The summed E-state index contributed by atoms with van der Waals surface area (Å²) in [6.45, 7) is 0. The summed E-state index contributed by atoms with van der Waals surface area (Å²) in [5.41, 5.74) is 7.49. The Morgan fingerprint density at radius 1 is 1.31 bits per heavy atom. The Bertz CT molecular complexity index is 298. The lowest BCUT2D eigenvalue weighted by atomic mass is 9.95. The van der Waals surface area contributed by atoms with Gasteiger partial charge in [-0.1, -0.05) is 18.6 Å². The van der Waals surface area contributed by atoms with Crippen LogP contribution in [0.2, 0.25) is 0 Å². The predicted molar refractivity (Wildman–Crippen MR) is 63.7 cm³/mol. The van der Waals surface area contributed by atoms with Crippen molar-refractivity contribution in [2.24, 2.45) is 5.73 Å². The minimum atomic E-state index is 0.387. The van der Waals surface area contributed by atoms with E-state index in [-0.39, 0.29) is 0 Å². The Kier molecular flexibility index (Phi) is 2.89. The van der Waals surface area contributed by atoms with Crippen molar-refractivity contribution >= 4 is 22.6 Å². The minimum Gasteiger partial charge on any atom is -0.327 e. The standard InChI is InChI=1S/C11H14IN/c12-9-4-1-3-8(7-9)10-5-2-6-11(10)13/h1,3-4,7,10-11H,2,5-6,13H2/t10-,11-/m0/s1. The van der Waals surface area contributed by atoms with Crippen molar-refractivity contribution < 1.29 is 0 Å². The van der Waals surface area contributed by atoms with Crippen LogP contribution in [-0.2, 0) is 0 Å². The van der Waals surface area contributed by atoms with Crippen molar-refractivity contribution in [3.8, 4) is 0 Å². The number of benzene rings is 1. The summed E-state index contributed by atoms with van der Waals surface area (Å²) in [7, 11) is 0. The summed E-state index contributed by atoms with van der Waals surface area (Å²) in [6, 6.07) is 9.11. The normalized spacial score (nSPS) is 27.8. The molecule has 1 aliphatic rings. The van der Waals surface area contributed by atoms with Gasteiger partial charge >= 0.3 is 0 Å². The molecule has 2 rings (SSSR count). The van der Waals surface area contributed by atoms with E-state index in [9.17, 15) is 0 Å². The molecule has 0 bridgehead atoms. The van der Waals surface area contributed by atoms with E-state index in [1.54, 1.807) is 0 Å². The average molecular weight is 287 g/mol. The molecule has 1 saturated carbocycles. The van der Waals surface area contributed by atoms with Gasteiger partial charge in [0.25, 0.3) is 0 Å². The fourth-order valence-electron chi connectivity index (χ4n) is 2.14. The Morgan fingerprint density at radius 3 is 2.77 bits per heavy atom. The number of halogens is 1. The van der Waals surface area contributed by atoms with Crippen LogP contribution < -0.4 is 5.73 Å². The van der Waals surface area contributed by atoms with Crippen LogP contribution in [0.1, 0.15) is 30.7 Å². The van der Waals surface area contributed by atoms with Gasteiger partial charge in [0.05, 0.1) is 0 Å². The molecule has 0 aliphatic heterocycles. The third-order valence-corrected chi connectivity index (χ3v) is 3.52. The summed E-state index contributed by atoms with van der Waals surface area (Å²) in [5, 5.41) is 0. The van der Waals surface area contributed by atoms with Crippen molar-refractivity contribution in [1.29, 1.82) is 0 Å². The molecule has 1 fully saturated rings. The number of nitrogens with two attached hydrogens (primary N) is 1. The molecule has 1 nitrogen and oxygen atoms in total. The molecule has 2 atom stereocenters. The van der Waals surface area contributed by atoms with E-state index < -0.39 is 0 Å². The third kappa shape index (κ3) is 2.05. The highest BCUT2D eigenvalue weighted by molar-refractivity contribution is 14.1. The van der Waals surface area contributed by atoms with Crippen LogP contribution in [0.5, 0.6) is 0 Å².